The van der Waals surface area contributed by atoms with Crippen molar-refractivity contribution < 1.29 is 132 Å². The molecule has 0 saturated carbocycles. The number of hydrogen-bond donors (Lipinski definition) is 26. The number of guanidine groups is 1. The second-order valence-electron chi connectivity index (χ2n) is 33.2. The molecule has 0 saturated heterocycles. The number of hydrogen-bond acceptors (Lipinski definition) is 24. The number of carbonyl (C=O) groups is 20. The highest BCUT2D eigenvalue weighted by Crippen LogP contribution is 2.17. The van der Waals surface area contributed by atoms with Crippen LogP contribution in [0.1, 0.15) is 189 Å². The molecule has 0 aliphatic heterocycles. The lowest BCUT2D eigenvalue weighted by Crippen LogP contribution is -2.61. The molecule has 0 aliphatic carbocycles. The van der Waals surface area contributed by atoms with Gasteiger partial charge in [-0.25, -0.2) is 4.79 Å². The minimum atomic E-state index is -1.99. The van der Waals surface area contributed by atoms with Gasteiger partial charge < -0.3 is 133 Å². The quantitative estimate of drug-likeness (QED) is 0.0172. The maximum atomic E-state index is 14.8. The third-order valence-electron chi connectivity index (χ3n) is 19.7. The highest BCUT2D eigenvalue weighted by atomic mass is 16.4. The van der Waals surface area contributed by atoms with Crippen LogP contribution in [0, 0.1) is 29.1 Å². The average molecular weight is 1840 g/mol. The smallest absolute Gasteiger partial charge is 0.326 e. The molecule has 14 amide bonds. The van der Waals surface area contributed by atoms with E-state index in [9.17, 15) is 132 Å². The molecule has 0 radical (unpaired) electrons. The Hall–Kier alpha value is -13.0. The van der Waals surface area contributed by atoms with Crippen molar-refractivity contribution >= 4 is 124 Å². The number of rotatable bonds is 64. The lowest BCUT2D eigenvalue weighted by molar-refractivity contribution is -0.144. The van der Waals surface area contributed by atoms with Crippen molar-refractivity contribution in [2.45, 2.75) is 281 Å². The Bertz CT molecular complexity index is 4160. The molecule has 29 N–H and O–H groups in total. The van der Waals surface area contributed by atoms with Crippen LogP contribution in [-0.4, -0.2) is 271 Å². The fourth-order valence-corrected chi connectivity index (χ4v) is 13.1. The number of nitrogens with two attached hydrogens (primary N) is 3. The monoisotopic (exact) mass is 1840 g/mol. The first-order valence-electron chi connectivity index (χ1n) is 42.8. The molecule has 46 nitrogen and oxygen atoms in total. The minimum absolute atomic E-state index is 0.00968. The van der Waals surface area contributed by atoms with E-state index in [0.717, 1.165) is 6.92 Å². The number of aliphatic hydroxyl groups excluding tert-OH is 1. The number of amides is 14. The molecule has 2 rings (SSSR count). The summed E-state index contributed by atoms with van der Waals surface area (Å²) in [5, 5.41) is 113. The van der Waals surface area contributed by atoms with E-state index in [1.165, 1.54) is 0 Å². The molecule has 130 heavy (non-hydrogen) atoms. The van der Waals surface area contributed by atoms with Crippen molar-refractivity contribution in [2.75, 3.05) is 19.6 Å². The number of nitrogens with one attached hydrogen (secondary N) is 16. The van der Waals surface area contributed by atoms with Crippen LogP contribution >= 0.6 is 0 Å². The molecule has 0 fully saturated rings. The van der Waals surface area contributed by atoms with Crippen LogP contribution < -0.4 is 97.0 Å². The molecular formula is C84H131N19O27. The number of unbranched alkanes of at least 4 members (excludes halogenated alkanes) is 1. The second-order valence-corrected chi connectivity index (χ2v) is 33.2. The molecule has 2 aromatic carbocycles. The zero-order valence-electron chi connectivity index (χ0n) is 74.5. The van der Waals surface area contributed by atoms with Crippen molar-refractivity contribution in [3.63, 3.8) is 0 Å². The van der Waals surface area contributed by atoms with E-state index >= 15 is 0 Å². The molecule has 0 heterocycles. The van der Waals surface area contributed by atoms with Crippen molar-refractivity contribution in [2.24, 2.45) is 40.9 Å². The lowest BCUT2D eigenvalue weighted by Gasteiger charge is -2.29. The van der Waals surface area contributed by atoms with E-state index in [1.807, 2.05) is 0 Å². The number of carboxylic acids is 6. The fourth-order valence-electron chi connectivity index (χ4n) is 13.1. The summed E-state index contributed by atoms with van der Waals surface area (Å²) in [5.74, 6) is -26.2. The van der Waals surface area contributed by atoms with Gasteiger partial charge >= 0.3 is 35.8 Å². The molecule has 2 aromatic rings. The highest BCUT2D eigenvalue weighted by molar-refractivity contribution is 6.01. The van der Waals surface area contributed by atoms with Gasteiger partial charge in [-0.2, -0.15) is 0 Å². The summed E-state index contributed by atoms with van der Waals surface area (Å²) in [5.41, 5.74) is 18.4. The predicted octanol–water partition coefficient (Wildman–Crippen LogP) is -3.81. The highest BCUT2D eigenvalue weighted by Gasteiger charge is 2.40. The molecule has 0 aromatic heterocycles. The summed E-state index contributed by atoms with van der Waals surface area (Å²) >= 11 is 0. The van der Waals surface area contributed by atoms with Gasteiger partial charge in [-0.15, -0.1) is 0 Å². The minimum Gasteiger partial charge on any atom is -0.481 e. The van der Waals surface area contributed by atoms with Crippen LogP contribution in [0.2, 0.25) is 0 Å². The summed E-state index contributed by atoms with van der Waals surface area (Å²) in [4.78, 5) is 270. The van der Waals surface area contributed by atoms with Crippen LogP contribution in [-0.2, 0) is 109 Å². The molecule has 46 heteroatoms. The summed E-state index contributed by atoms with van der Waals surface area (Å²) < 4.78 is 0. The first-order chi connectivity index (χ1) is 61.0. The van der Waals surface area contributed by atoms with Gasteiger partial charge in [-0.1, -0.05) is 116 Å². The lowest BCUT2D eigenvalue weighted by atomic mass is 9.99. The first-order valence-corrected chi connectivity index (χ1v) is 42.8. The van der Waals surface area contributed by atoms with Gasteiger partial charge in [-0.3, -0.25) is 96.5 Å². The summed E-state index contributed by atoms with van der Waals surface area (Å²) in [6.45, 7) is 13.5. The number of benzene rings is 2. The van der Waals surface area contributed by atoms with Gasteiger partial charge in [0.1, 0.15) is 78.5 Å². The van der Waals surface area contributed by atoms with Gasteiger partial charge in [0.2, 0.25) is 82.7 Å². The van der Waals surface area contributed by atoms with Gasteiger partial charge in [0, 0.05) is 38.6 Å². The van der Waals surface area contributed by atoms with Crippen LogP contribution in [0.5, 0.6) is 0 Å². The SMILES string of the molecule is CC(C)C[C@H](NC(=O)[C@H](Cc1ccccc1)NC(=O)[C@H](CCC(=O)O)NC(=O)CNC(=O)[C@H](CC(C)C)NC(=O)[C@@H](NC(=O)[C@H](CC(C)C)NC(=O)[C@H](CCC(=O)O)NC(=O)[C@H](CCC(=O)O)NC(=O)[C@@H](N)Cc1ccccc1)[C@@H](C)O)C(=O)N[C@@H](CCCCN)C(=O)N[C@@H](CC(C)C)C(=O)N[C@@H](CC(=O)O)C(=O)N[C@@H](CCCNC(=N)N)C(=O)N[C@@H](CCC(=O)O)C(=O)O. The Morgan fingerprint density at radius 2 is 0.638 bits per heavy atom. The molecule has 724 valence electrons. The summed E-state index contributed by atoms with van der Waals surface area (Å²) in [6.07, 6.45) is -8.99. The zero-order valence-corrected chi connectivity index (χ0v) is 74.5. The molecule has 0 unspecified atom stereocenters. The standard InChI is InChI=1S/C84H131N19O27/c1-43(2)35-57(102-82(128)69(47(9)104)103-81(127)60(38-46(7)8)98-76(122)55(27-31-66(110)111)95-75(121)54(26-30-65(108)109)92-70(116)50(86)39-48-19-12-10-13-20-48)71(117)90-42-63(105)91-53(25-29-64(106)107)74(120)100-61(40-49-21-14-11-15-22-49)79(125)99-58(36-44(3)4)77(123)93-51(23-16-17-33-85)73(119)97-59(37-45(5)6)78(124)101-62(41-68(114)115)80(126)94-52(24-18-34-89-84(87)88)72(118)96-56(83(129)130)28-32-67(112)113/h10-15,19-22,43-47,50-62,69,104H,16-18,23-42,85-86H2,1-9H3,(H,90,117)(H,91,105)(H,92,116)(H,93,123)(H,94,126)(H,95,121)(H,96,118)(H,97,119)(H,98,122)(H,99,125)(H,100,120)(H,101,124)(H,102,128)(H,103,127)(H,106,107)(H,108,109)(H,110,111)(H,112,113)(H,114,115)(H,129,130)(H4,87,88,89)/t47-,50+,51+,52+,53+,54+,55+,56+,57+,58+,59+,60+,61+,62+,69+/m1/s1. The third-order valence-corrected chi connectivity index (χ3v) is 19.7. The van der Waals surface area contributed by atoms with Gasteiger partial charge in [0.05, 0.1) is 25.1 Å². The van der Waals surface area contributed by atoms with Gasteiger partial charge in [0.25, 0.3) is 0 Å². The topological polar surface area (TPSA) is 765 Å². The summed E-state index contributed by atoms with van der Waals surface area (Å²) in [6, 6.07) is -6.56. The van der Waals surface area contributed by atoms with Crippen LogP contribution in [0.25, 0.3) is 0 Å². The van der Waals surface area contributed by atoms with Crippen LogP contribution in [0.3, 0.4) is 0 Å². The normalized spacial score (nSPS) is 14.6. The number of aliphatic hydroxyl groups is 1. The average Bonchev–Trinajstić information content (AvgIpc) is 0.846. The predicted molar refractivity (Wildman–Crippen MR) is 465 cm³/mol. The first kappa shape index (κ1) is 113. The maximum Gasteiger partial charge on any atom is 0.326 e. The van der Waals surface area contributed by atoms with Crippen molar-refractivity contribution in [3.05, 3.63) is 71.8 Å². The maximum absolute atomic E-state index is 14.8. The molecular weight excluding hydrogens is 1710 g/mol. The van der Waals surface area contributed by atoms with Gasteiger partial charge in [-0.05, 0) is 138 Å². The Balaban J connectivity index is 2.51. The van der Waals surface area contributed by atoms with Crippen molar-refractivity contribution in [3.8, 4) is 0 Å². The van der Waals surface area contributed by atoms with Crippen LogP contribution in [0.4, 0.5) is 0 Å². The zero-order chi connectivity index (χ0) is 98.2. The largest absolute Gasteiger partial charge is 0.481 e. The van der Waals surface area contributed by atoms with Gasteiger partial charge in [0.15, 0.2) is 5.96 Å². The molecule has 0 aliphatic rings. The Morgan fingerprint density at radius 3 is 1.02 bits per heavy atom. The summed E-state index contributed by atoms with van der Waals surface area (Å²) in [7, 11) is 0. The van der Waals surface area contributed by atoms with E-state index in [4.69, 9.17) is 22.6 Å². The van der Waals surface area contributed by atoms with Crippen molar-refractivity contribution in [1.29, 1.82) is 5.41 Å². The Kier molecular flexibility index (Phi) is 51.5. The fraction of sp³-hybridized carbons (Fsp3) is 0.607. The Morgan fingerprint density at radius 1 is 0.331 bits per heavy atom. The molecule has 0 spiro atoms. The van der Waals surface area contributed by atoms with E-state index in [0.29, 0.717) is 17.5 Å². The number of aliphatic carboxylic acids is 6. The van der Waals surface area contributed by atoms with Crippen molar-refractivity contribution in [1.82, 2.24) is 79.8 Å². The number of carbonyl (C=O) groups excluding carboxylic acids is 14. The molecule has 0 bridgehead atoms. The number of carboxylic acid groups (broad SMARTS) is 6. The molecule has 15 atom stereocenters. The second kappa shape index (κ2) is 59.2. The van der Waals surface area contributed by atoms with E-state index in [2.05, 4.69) is 79.8 Å². The van der Waals surface area contributed by atoms with E-state index in [-0.39, 0.29) is 77.3 Å². The third kappa shape index (κ3) is 46.1. The van der Waals surface area contributed by atoms with E-state index < -0.39 is 303 Å². The Labute approximate surface area is 752 Å². The van der Waals surface area contributed by atoms with Crippen LogP contribution in [0.15, 0.2) is 60.7 Å². The van der Waals surface area contributed by atoms with E-state index in [1.54, 1.807) is 116 Å².